The molecule has 0 radical (unpaired) electrons. The van der Waals surface area contributed by atoms with Gasteiger partial charge in [-0.1, -0.05) is 15.9 Å². The van der Waals surface area contributed by atoms with Crippen molar-refractivity contribution in [2.24, 2.45) is 0 Å². The lowest BCUT2D eigenvalue weighted by Gasteiger charge is -2.09. The fraction of sp³-hybridized carbons (Fsp3) is 0.133. The lowest BCUT2D eigenvalue weighted by Crippen LogP contribution is -2.12. The number of carbonyl (C=O) groups is 1. The third-order valence-corrected chi connectivity index (χ3v) is 4.31. The molecule has 0 spiro atoms. The Labute approximate surface area is 129 Å². The van der Waals surface area contributed by atoms with Crippen LogP contribution in [0.1, 0.15) is 15.9 Å². The molecule has 3 nitrogen and oxygen atoms in total. The molecular formula is C15H14BrNO2S. The zero-order valence-electron chi connectivity index (χ0n) is 11.1. The number of carbonyl (C=O) groups excluding carboxylic acids is 1. The summed E-state index contributed by atoms with van der Waals surface area (Å²) >= 11 is 3.39. The summed E-state index contributed by atoms with van der Waals surface area (Å²) in [5.41, 5.74) is 2.31. The summed E-state index contributed by atoms with van der Waals surface area (Å²) in [6.07, 6.45) is 1.61. The van der Waals surface area contributed by atoms with Gasteiger partial charge in [0.25, 0.3) is 5.91 Å². The van der Waals surface area contributed by atoms with Gasteiger partial charge in [-0.05, 0) is 55.0 Å². The monoisotopic (exact) mass is 351 g/mol. The Bertz CT molecular complexity index is 668. The highest BCUT2D eigenvalue weighted by molar-refractivity contribution is 9.10. The molecule has 0 heterocycles. The zero-order chi connectivity index (χ0) is 14.7. The standard InChI is InChI=1S/C15H14BrNO2S/c1-10-9-12(16)5-8-14(10)17-15(18)11-3-6-13(7-4-11)20(2)19/h3-9H,1-2H3,(H,17,18). The smallest absolute Gasteiger partial charge is 0.255 e. The summed E-state index contributed by atoms with van der Waals surface area (Å²) in [7, 11) is -1.03. The molecule has 0 aliphatic carbocycles. The van der Waals surface area contributed by atoms with Crippen molar-refractivity contribution in [2.75, 3.05) is 11.6 Å². The first-order chi connectivity index (χ1) is 9.47. The number of aryl methyl sites for hydroxylation is 1. The molecule has 5 heteroatoms. The third-order valence-electron chi connectivity index (χ3n) is 2.89. The molecule has 1 amide bonds. The maximum atomic E-state index is 12.1. The number of hydrogen-bond donors (Lipinski definition) is 1. The SMILES string of the molecule is Cc1cc(Br)ccc1NC(=O)c1ccc(S(C)=O)cc1. The summed E-state index contributed by atoms with van der Waals surface area (Å²) in [5.74, 6) is -0.177. The highest BCUT2D eigenvalue weighted by Gasteiger charge is 2.08. The Morgan fingerprint density at radius 1 is 1.15 bits per heavy atom. The van der Waals surface area contributed by atoms with Crippen molar-refractivity contribution < 1.29 is 9.00 Å². The van der Waals surface area contributed by atoms with Crippen LogP contribution in [0.15, 0.2) is 51.8 Å². The minimum atomic E-state index is -1.03. The van der Waals surface area contributed by atoms with Crippen molar-refractivity contribution >= 4 is 38.3 Å². The van der Waals surface area contributed by atoms with E-state index in [1.807, 2.05) is 25.1 Å². The molecule has 2 aromatic rings. The van der Waals surface area contributed by atoms with E-state index in [2.05, 4.69) is 21.2 Å². The van der Waals surface area contributed by atoms with Gasteiger partial charge in [0.05, 0.1) is 0 Å². The summed E-state index contributed by atoms with van der Waals surface area (Å²) in [6.45, 7) is 1.93. The molecule has 20 heavy (non-hydrogen) atoms. The number of benzene rings is 2. The van der Waals surface area contributed by atoms with Crippen LogP contribution in [0.2, 0.25) is 0 Å². The average molecular weight is 352 g/mol. The lowest BCUT2D eigenvalue weighted by atomic mass is 10.1. The summed E-state index contributed by atoms with van der Waals surface area (Å²) in [6, 6.07) is 12.5. The Morgan fingerprint density at radius 3 is 2.35 bits per heavy atom. The molecular weight excluding hydrogens is 338 g/mol. The minimum Gasteiger partial charge on any atom is -0.322 e. The first-order valence-electron chi connectivity index (χ1n) is 5.98. The second kappa shape index (κ2) is 6.33. The van der Waals surface area contributed by atoms with Gasteiger partial charge in [0, 0.05) is 37.7 Å². The van der Waals surface area contributed by atoms with Crippen LogP contribution in [0.25, 0.3) is 0 Å². The highest BCUT2D eigenvalue weighted by Crippen LogP contribution is 2.20. The zero-order valence-corrected chi connectivity index (χ0v) is 13.5. The lowest BCUT2D eigenvalue weighted by molar-refractivity contribution is 0.102. The second-order valence-corrected chi connectivity index (χ2v) is 6.69. The van der Waals surface area contributed by atoms with Crippen molar-refractivity contribution in [2.45, 2.75) is 11.8 Å². The fourth-order valence-corrected chi connectivity index (χ4v) is 2.75. The molecule has 0 aliphatic rings. The number of hydrogen-bond acceptors (Lipinski definition) is 2. The van der Waals surface area contributed by atoms with E-state index in [0.717, 1.165) is 15.7 Å². The summed E-state index contributed by atoms with van der Waals surface area (Å²) < 4.78 is 12.3. The van der Waals surface area contributed by atoms with E-state index < -0.39 is 10.8 Å². The molecule has 1 atom stereocenters. The summed E-state index contributed by atoms with van der Waals surface area (Å²) in [5, 5.41) is 2.87. The van der Waals surface area contributed by atoms with Gasteiger partial charge in [-0.3, -0.25) is 9.00 Å². The molecule has 0 saturated heterocycles. The quantitative estimate of drug-likeness (QED) is 0.915. The topological polar surface area (TPSA) is 46.2 Å². The van der Waals surface area contributed by atoms with E-state index in [1.54, 1.807) is 30.5 Å². The molecule has 1 unspecified atom stereocenters. The predicted molar refractivity (Wildman–Crippen MR) is 85.6 cm³/mol. The third kappa shape index (κ3) is 3.55. The average Bonchev–Trinajstić information content (AvgIpc) is 2.42. The van der Waals surface area contributed by atoms with E-state index in [1.165, 1.54) is 0 Å². The van der Waals surface area contributed by atoms with Gasteiger partial charge >= 0.3 is 0 Å². The van der Waals surface area contributed by atoms with E-state index in [4.69, 9.17) is 0 Å². The van der Waals surface area contributed by atoms with E-state index in [0.29, 0.717) is 10.5 Å². The van der Waals surface area contributed by atoms with Crippen LogP contribution >= 0.6 is 15.9 Å². The molecule has 0 saturated carbocycles. The van der Waals surface area contributed by atoms with Gasteiger partial charge in [0.2, 0.25) is 0 Å². The molecule has 0 aromatic heterocycles. The Morgan fingerprint density at radius 2 is 1.80 bits per heavy atom. The molecule has 0 aliphatic heterocycles. The van der Waals surface area contributed by atoms with Crippen LogP contribution in [0.3, 0.4) is 0 Å². The highest BCUT2D eigenvalue weighted by atomic mass is 79.9. The van der Waals surface area contributed by atoms with Gasteiger partial charge in [0.1, 0.15) is 0 Å². The molecule has 0 fully saturated rings. The molecule has 0 bridgehead atoms. The number of rotatable bonds is 3. The molecule has 2 rings (SSSR count). The first-order valence-corrected chi connectivity index (χ1v) is 8.33. The van der Waals surface area contributed by atoms with Gasteiger partial charge in [-0.25, -0.2) is 0 Å². The second-order valence-electron chi connectivity index (χ2n) is 4.39. The van der Waals surface area contributed by atoms with Gasteiger partial charge in [-0.15, -0.1) is 0 Å². The number of halogens is 1. The molecule has 2 aromatic carbocycles. The molecule has 1 N–H and O–H groups in total. The van der Waals surface area contributed by atoms with Crippen LogP contribution in [0, 0.1) is 6.92 Å². The van der Waals surface area contributed by atoms with Crippen molar-refractivity contribution in [3.05, 3.63) is 58.1 Å². The van der Waals surface area contributed by atoms with Crippen molar-refractivity contribution in [3.8, 4) is 0 Å². The summed E-state index contributed by atoms with van der Waals surface area (Å²) in [4.78, 5) is 12.8. The Balaban J connectivity index is 2.17. The number of nitrogens with one attached hydrogen (secondary N) is 1. The van der Waals surface area contributed by atoms with Crippen LogP contribution in [0.5, 0.6) is 0 Å². The predicted octanol–water partition coefficient (Wildman–Crippen LogP) is 3.75. The van der Waals surface area contributed by atoms with Crippen LogP contribution in [-0.2, 0) is 10.8 Å². The van der Waals surface area contributed by atoms with Crippen LogP contribution in [0.4, 0.5) is 5.69 Å². The molecule has 104 valence electrons. The van der Waals surface area contributed by atoms with Gasteiger partial charge in [0.15, 0.2) is 0 Å². The van der Waals surface area contributed by atoms with Crippen LogP contribution < -0.4 is 5.32 Å². The maximum absolute atomic E-state index is 12.1. The van der Waals surface area contributed by atoms with E-state index >= 15 is 0 Å². The van der Waals surface area contributed by atoms with E-state index in [-0.39, 0.29) is 5.91 Å². The fourth-order valence-electron chi connectivity index (χ4n) is 1.76. The Kier molecular flexibility index (Phi) is 4.73. The largest absolute Gasteiger partial charge is 0.322 e. The normalized spacial score (nSPS) is 11.9. The number of anilines is 1. The van der Waals surface area contributed by atoms with Crippen molar-refractivity contribution in [1.82, 2.24) is 0 Å². The van der Waals surface area contributed by atoms with Crippen molar-refractivity contribution in [3.63, 3.8) is 0 Å². The van der Waals surface area contributed by atoms with Crippen LogP contribution in [-0.4, -0.2) is 16.4 Å². The van der Waals surface area contributed by atoms with Crippen molar-refractivity contribution in [1.29, 1.82) is 0 Å². The van der Waals surface area contributed by atoms with Gasteiger partial charge < -0.3 is 5.32 Å². The van der Waals surface area contributed by atoms with E-state index in [9.17, 15) is 9.00 Å². The number of amides is 1. The minimum absolute atomic E-state index is 0.177. The Hall–Kier alpha value is -1.46. The first kappa shape index (κ1) is 14.9. The van der Waals surface area contributed by atoms with Gasteiger partial charge in [-0.2, -0.15) is 0 Å². The maximum Gasteiger partial charge on any atom is 0.255 e.